The van der Waals surface area contributed by atoms with Gasteiger partial charge in [0, 0.05) is 31.0 Å². The average molecular weight is 345 g/mol. The molecule has 0 saturated carbocycles. The summed E-state index contributed by atoms with van der Waals surface area (Å²) in [4.78, 5) is 35.7. The molecule has 0 atom stereocenters. The Morgan fingerprint density at radius 3 is 2.16 bits per heavy atom. The number of carbonyl (C=O) groups is 3. The van der Waals surface area contributed by atoms with Crippen LogP contribution in [0.2, 0.25) is 0 Å². The molecule has 132 valence electrons. The third-order valence-corrected chi connectivity index (χ3v) is 3.45. The lowest BCUT2D eigenvalue weighted by Gasteiger charge is -2.09. The number of hydrogen-bond acceptors (Lipinski definition) is 6. The molecule has 0 unspecified atom stereocenters. The number of nitrogens with one attached hydrogen (secondary N) is 1. The number of carbonyl (C=O) groups excluding carboxylic acids is 3. The molecule has 8 heteroatoms. The number of nitrogens with zero attached hydrogens (tertiary/aromatic N) is 2. The van der Waals surface area contributed by atoms with Gasteiger partial charge in [0.15, 0.2) is 0 Å². The average Bonchev–Trinajstić information content (AvgIpc) is 3.16. The van der Waals surface area contributed by atoms with Crippen LogP contribution in [0.4, 0.5) is 0 Å². The SMILES string of the molecule is COC(=O)c1cc(C(=O)NCCCn2cccn2)cc(C(=O)OC)c1. The van der Waals surface area contributed by atoms with Crippen LogP contribution in [-0.4, -0.2) is 48.4 Å². The van der Waals surface area contributed by atoms with Crippen molar-refractivity contribution >= 4 is 17.8 Å². The molecule has 0 saturated heterocycles. The first-order valence-corrected chi connectivity index (χ1v) is 7.62. The monoisotopic (exact) mass is 345 g/mol. The van der Waals surface area contributed by atoms with Crippen molar-refractivity contribution < 1.29 is 23.9 Å². The van der Waals surface area contributed by atoms with Crippen LogP contribution in [0.15, 0.2) is 36.7 Å². The maximum atomic E-state index is 12.3. The van der Waals surface area contributed by atoms with E-state index in [4.69, 9.17) is 0 Å². The highest BCUT2D eigenvalue weighted by molar-refractivity contribution is 6.02. The van der Waals surface area contributed by atoms with Gasteiger partial charge in [-0.1, -0.05) is 0 Å². The summed E-state index contributed by atoms with van der Waals surface area (Å²) in [5.41, 5.74) is 0.390. The van der Waals surface area contributed by atoms with Crippen molar-refractivity contribution in [1.82, 2.24) is 15.1 Å². The van der Waals surface area contributed by atoms with Crippen molar-refractivity contribution in [3.8, 4) is 0 Å². The zero-order valence-corrected chi connectivity index (χ0v) is 14.0. The molecule has 25 heavy (non-hydrogen) atoms. The molecule has 0 aliphatic heterocycles. The van der Waals surface area contributed by atoms with Gasteiger partial charge in [-0.3, -0.25) is 9.48 Å². The fraction of sp³-hybridized carbons (Fsp3) is 0.294. The fourth-order valence-corrected chi connectivity index (χ4v) is 2.21. The van der Waals surface area contributed by atoms with Crippen molar-refractivity contribution in [2.75, 3.05) is 20.8 Å². The molecule has 1 N–H and O–H groups in total. The Morgan fingerprint density at radius 2 is 1.64 bits per heavy atom. The van der Waals surface area contributed by atoms with E-state index in [2.05, 4.69) is 19.9 Å². The molecular weight excluding hydrogens is 326 g/mol. The number of aryl methyl sites for hydroxylation is 1. The number of hydrogen-bond donors (Lipinski definition) is 1. The van der Waals surface area contributed by atoms with Gasteiger partial charge in [-0.2, -0.15) is 5.10 Å². The molecule has 1 amide bonds. The number of ether oxygens (including phenoxy) is 2. The summed E-state index contributed by atoms with van der Waals surface area (Å²) in [5, 5.41) is 6.82. The number of benzene rings is 1. The maximum absolute atomic E-state index is 12.3. The minimum absolute atomic E-state index is 0.104. The number of rotatable bonds is 7. The Balaban J connectivity index is 2.06. The predicted molar refractivity (Wildman–Crippen MR) is 88.3 cm³/mol. The highest BCUT2D eigenvalue weighted by atomic mass is 16.5. The normalized spacial score (nSPS) is 10.2. The minimum Gasteiger partial charge on any atom is -0.465 e. The Kier molecular flexibility index (Phi) is 6.27. The van der Waals surface area contributed by atoms with Crippen molar-refractivity contribution in [1.29, 1.82) is 0 Å². The van der Waals surface area contributed by atoms with E-state index in [0.717, 1.165) is 0 Å². The zero-order valence-electron chi connectivity index (χ0n) is 14.0. The summed E-state index contributed by atoms with van der Waals surface area (Å²) in [5.74, 6) is -1.67. The quantitative estimate of drug-likeness (QED) is 0.599. The summed E-state index contributed by atoms with van der Waals surface area (Å²) >= 11 is 0. The molecule has 2 rings (SSSR count). The van der Waals surface area contributed by atoms with E-state index in [0.29, 0.717) is 19.5 Å². The van der Waals surface area contributed by atoms with E-state index >= 15 is 0 Å². The lowest BCUT2D eigenvalue weighted by atomic mass is 10.0. The van der Waals surface area contributed by atoms with Crippen LogP contribution in [0.25, 0.3) is 0 Å². The predicted octanol–water partition coefficient (Wildman–Crippen LogP) is 1.28. The Morgan fingerprint density at radius 1 is 1.04 bits per heavy atom. The lowest BCUT2D eigenvalue weighted by Crippen LogP contribution is -2.26. The van der Waals surface area contributed by atoms with E-state index in [-0.39, 0.29) is 16.7 Å². The molecule has 0 aliphatic carbocycles. The zero-order chi connectivity index (χ0) is 18.2. The molecule has 0 fully saturated rings. The molecule has 0 bridgehead atoms. The third kappa shape index (κ3) is 4.90. The van der Waals surface area contributed by atoms with Gasteiger partial charge in [-0.25, -0.2) is 9.59 Å². The van der Waals surface area contributed by atoms with E-state index in [1.807, 2.05) is 12.3 Å². The molecular formula is C17H19N3O5. The Bertz CT molecular complexity index is 721. The summed E-state index contributed by atoms with van der Waals surface area (Å²) in [6, 6.07) is 5.90. The van der Waals surface area contributed by atoms with Crippen LogP contribution in [0.1, 0.15) is 37.5 Å². The molecule has 1 aromatic carbocycles. The van der Waals surface area contributed by atoms with Gasteiger partial charge in [-0.05, 0) is 30.7 Å². The van der Waals surface area contributed by atoms with E-state index < -0.39 is 17.8 Å². The maximum Gasteiger partial charge on any atom is 0.337 e. The molecule has 2 aromatic rings. The van der Waals surface area contributed by atoms with Crippen molar-refractivity contribution in [3.05, 3.63) is 53.3 Å². The molecule has 0 spiro atoms. The van der Waals surface area contributed by atoms with Gasteiger partial charge in [0.25, 0.3) is 5.91 Å². The van der Waals surface area contributed by atoms with Gasteiger partial charge < -0.3 is 14.8 Å². The number of esters is 2. The second-order valence-corrected chi connectivity index (χ2v) is 5.16. The van der Waals surface area contributed by atoms with E-state index in [9.17, 15) is 14.4 Å². The van der Waals surface area contributed by atoms with Crippen LogP contribution in [0.3, 0.4) is 0 Å². The van der Waals surface area contributed by atoms with Gasteiger partial charge >= 0.3 is 11.9 Å². The lowest BCUT2D eigenvalue weighted by molar-refractivity contribution is 0.0599. The van der Waals surface area contributed by atoms with Crippen molar-refractivity contribution in [3.63, 3.8) is 0 Å². The first-order valence-electron chi connectivity index (χ1n) is 7.62. The molecule has 0 radical (unpaired) electrons. The first kappa shape index (κ1) is 18.2. The number of methoxy groups -OCH3 is 2. The highest BCUT2D eigenvalue weighted by Gasteiger charge is 2.16. The topological polar surface area (TPSA) is 99.5 Å². The van der Waals surface area contributed by atoms with Gasteiger partial charge in [0.2, 0.25) is 0 Å². The molecule has 1 aromatic heterocycles. The van der Waals surface area contributed by atoms with E-state index in [1.54, 1.807) is 10.9 Å². The van der Waals surface area contributed by atoms with Gasteiger partial charge in [0.05, 0.1) is 25.3 Å². The largest absolute Gasteiger partial charge is 0.465 e. The van der Waals surface area contributed by atoms with Gasteiger partial charge in [-0.15, -0.1) is 0 Å². The highest BCUT2D eigenvalue weighted by Crippen LogP contribution is 2.13. The second kappa shape index (κ2) is 8.62. The van der Waals surface area contributed by atoms with Gasteiger partial charge in [0.1, 0.15) is 0 Å². The summed E-state index contributed by atoms with van der Waals surface area (Å²) in [6.07, 6.45) is 4.21. The smallest absolute Gasteiger partial charge is 0.337 e. The third-order valence-electron chi connectivity index (χ3n) is 3.45. The van der Waals surface area contributed by atoms with Crippen LogP contribution in [-0.2, 0) is 16.0 Å². The second-order valence-electron chi connectivity index (χ2n) is 5.16. The van der Waals surface area contributed by atoms with E-state index in [1.165, 1.54) is 32.4 Å². The van der Waals surface area contributed by atoms with Crippen LogP contribution in [0.5, 0.6) is 0 Å². The summed E-state index contributed by atoms with van der Waals surface area (Å²) < 4.78 is 11.1. The number of aromatic nitrogens is 2. The molecule has 1 heterocycles. The fourth-order valence-electron chi connectivity index (χ4n) is 2.21. The van der Waals surface area contributed by atoms with Crippen molar-refractivity contribution in [2.45, 2.75) is 13.0 Å². The van der Waals surface area contributed by atoms with Crippen LogP contribution < -0.4 is 5.32 Å². The standard InChI is InChI=1S/C17H19N3O5/c1-24-16(22)13-9-12(10-14(11-13)17(23)25-2)15(21)18-5-3-7-20-8-4-6-19-20/h4,6,8-11H,3,5,7H2,1-2H3,(H,18,21). The Labute approximate surface area is 144 Å². The minimum atomic E-state index is -0.640. The summed E-state index contributed by atoms with van der Waals surface area (Å²) in [7, 11) is 2.45. The molecule has 0 aliphatic rings. The first-order chi connectivity index (χ1) is 12.0. The van der Waals surface area contributed by atoms with Crippen LogP contribution >= 0.6 is 0 Å². The molecule has 8 nitrogen and oxygen atoms in total. The Hall–Kier alpha value is -3.16. The van der Waals surface area contributed by atoms with Crippen LogP contribution in [0, 0.1) is 0 Å². The summed E-state index contributed by atoms with van der Waals surface area (Å²) in [6.45, 7) is 1.09. The number of amides is 1. The van der Waals surface area contributed by atoms with Crippen molar-refractivity contribution in [2.24, 2.45) is 0 Å².